The summed E-state index contributed by atoms with van der Waals surface area (Å²) in [4.78, 5) is 0. The molecule has 1 fully saturated rings. The zero-order valence-electron chi connectivity index (χ0n) is 4.39. The fourth-order valence-corrected chi connectivity index (χ4v) is 1.27. The lowest BCUT2D eigenvalue weighted by atomic mass is 10.3. The second-order valence-corrected chi connectivity index (χ2v) is 2.37. The quantitative estimate of drug-likeness (QED) is 0.427. The summed E-state index contributed by atoms with van der Waals surface area (Å²) in [5.41, 5.74) is 1.64. The minimum atomic E-state index is 0.861. The van der Waals surface area contributed by atoms with Crippen LogP contribution in [0.2, 0.25) is 0 Å². The minimum Gasteiger partial charge on any atom is -0.0767 e. The lowest BCUT2D eigenvalue weighted by Crippen LogP contribution is -1.65. The lowest BCUT2D eigenvalue weighted by molar-refractivity contribution is 0.901. The van der Waals surface area contributed by atoms with Crippen molar-refractivity contribution in [1.29, 1.82) is 0 Å². The molecule has 0 aromatic heterocycles. The third kappa shape index (κ3) is 0.277. The fraction of sp³-hybridized carbons (Fsp3) is 0.429. The van der Waals surface area contributed by atoms with Crippen LogP contribution in [0.1, 0.15) is 6.92 Å². The maximum atomic E-state index is 2.28. The summed E-state index contributed by atoms with van der Waals surface area (Å²) in [5.74, 6) is 1.75. The maximum Gasteiger partial charge on any atom is 0.00492 e. The van der Waals surface area contributed by atoms with E-state index in [0.717, 1.165) is 11.8 Å². The molecule has 0 N–H and O–H groups in total. The van der Waals surface area contributed by atoms with E-state index in [-0.39, 0.29) is 0 Å². The maximum absolute atomic E-state index is 2.28. The summed E-state index contributed by atoms with van der Waals surface area (Å²) >= 11 is 0. The average molecular weight is 92.1 g/mol. The molecule has 2 rings (SSSR count). The Balaban J connectivity index is 2.36. The highest BCUT2D eigenvalue weighted by molar-refractivity contribution is 5.42. The van der Waals surface area contributed by atoms with Crippen LogP contribution in [0.15, 0.2) is 23.8 Å². The van der Waals surface area contributed by atoms with Crippen molar-refractivity contribution < 1.29 is 0 Å². The standard InChI is InChI=1S/C7H8/c1-5-6-3-2-4-7(5)6/h2-6H,1H3. The van der Waals surface area contributed by atoms with Gasteiger partial charge in [0.2, 0.25) is 0 Å². The number of fused-ring (bicyclic) bond motifs is 1. The summed E-state index contributed by atoms with van der Waals surface area (Å²) in [6, 6.07) is 0. The van der Waals surface area contributed by atoms with E-state index in [2.05, 4.69) is 25.2 Å². The third-order valence-corrected chi connectivity index (χ3v) is 1.95. The van der Waals surface area contributed by atoms with E-state index in [1.807, 2.05) is 0 Å². The zero-order chi connectivity index (χ0) is 4.85. The first-order valence-corrected chi connectivity index (χ1v) is 2.78. The van der Waals surface area contributed by atoms with Crippen LogP contribution < -0.4 is 0 Å². The lowest BCUT2D eigenvalue weighted by Gasteiger charge is -1.74. The fourth-order valence-electron chi connectivity index (χ4n) is 1.27. The summed E-state index contributed by atoms with van der Waals surface area (Å²) < 4.78 is 0. The van der Waals surface area contributed by atoms with Crippen LogP contribution in [0.3, 0.4) is 0 Å². The predicted molar refractivity (Wildman–Crippen MR) is 29.9 cm³/mol. The second-order valence-electron chi connectivity index (χ2n) is 2.37. The Bertz CT molecular complexity index is 151. The Morgan fingerprint density at radius 3 is 2.71 bits per heavy atom. The smallest absolute Gasteiger partial charge is 0.00492 e. The molecule has 0 saturated heterocycles. The van der Waals surface area contributed by atoms with Crippen molar-refractivity contribution in [3.05, 3.63) is 23.8 Å². The first kappa shape index (κ1) is 3.48. The molecule has 0 heteroatoms. The van der Waals surface area contributed by atoms with Gasteiger partial charge in [-0.2, -0.15) is 0 Å². The van der Waals surface area contributed by atoms with Gasteiger partial charge in [0.05, 0.1) is 0 Å². The summed E-state index contributed by atoms with van der Waals surface area (Å²) in [6.07, 6.45) is 6.66. The molecule has 36 valence electrons. The molecule has 1 saturated carbocycles. The van der Waals surface area contributed by atoms with E-state index >= 15 is 0 Å². The van der Waals surface area contributed by atoms with Gasteiger partial charge in [-0.05, 0) is 5.92 Å². The SMILES string of the molecule is CC1C2=CC=CC21. The van der Waals surface area contributed by atoms with Crippen molar-refractivity contribution >= 4 is 0 Å². The molecule has 2 atom stereocenters. The number of hydrogen-bond acceptors (Lipinski definition) is 0. The largest absolute Gasteiger partial charge is 0.0767 e. The predicted octanol–water partition coefficient (Wildman–Crippen LogP) is 1.75. The molecule has 2 unspecified atom stereocenters. The van der Waals surface area contributed by atoms with Gasteiger partial charge in [-0.3, -0.25) is 0 Å². The van der Waals surface area contributed by atoms with Crippen LogP contribution >= 0.6 is 0 Å². The van der Waals surface area contributed by atoms with Crippen molar-refractivity contribution in [3.8, 4) is 0 Å². The highest BCUT2D eigenvalue weighted by Gasteiger charge is 2.38. The van der Waals surface area contributed by atoms with Crippen LogP contribution in [0.5, 0.6) is 0 Å². The first-order valence-electron chi connectivity index (χ1n) is 2.78. The molecule has 0 aliphatic heterocycles. The topological polar surface area (TPSA) is 0 Å². The Kier molecular flexibility index (Phi) is 0.415. The highest BCUT2D eigenvalue weighted by Crippen LogP contribution is 2.49. The molecule has 0 bridgehead atoms. The minimum absolute atomic E-state index is 0.861. The molecule has 2 aliphatic rings. The first-order chi connectivity index (χ1) is 3.39. The van der Waals surface area contributed by atoms with Gasteiger partial charge in [-0.1, -0.05) is 30.7 Å². The van der Waals surface area contributed by atoms with Gasteiger partial charge >= 0.3 is 0 Å². The molecule has 0 nitrogen and oxygen atoms in total. The summed E-state index contributed by atoms with van der Waals surface area (Å²) in [5, 5.41) is 0. The van der Waals surface area contributed by atoms with Gasteiger partial charge in [-0.25, -0.2) is 0 Å². The number of hydrogen-bond donors (Lipinski definition) is 0. The molecule has 7 heavy (non-hydrogen) atoms. The molecule has 0 aromatic rings. The van der Waals surface area contributed by atoms with Gasteiger partial charge in [0, 0.05) is 5.92 Å². The van der Waals surface area contributed by atoms with Crippen LogP contribution in [-0.4, -0.2) is 0 Å². The third-order valence-electron chi connectivity index (χ3n) is 1.95. The molecule has 0 aromatic carbocycles. The van der Waals surface area contributed by atoms with Crippen LogP contribution in [0.25, 0.3) is 0 Å². The van der Waals surface area contributed by atoms with Gasteiger partial charge < -0.3 is 0 Å². The van der Waals surface area contributed by atoms with Gasteiger partial charge in [-0.15, -0.1) is 0 Å². The van der Waals surface area contributed by atoms with Crippen LogP contribution in [-0.2, 0) is 0 Å². The van der Waals surface area contributed by atoms with E-state index in [1.165, 1.54) is 0 Å². The summed E-state index contributed by atoms with van der Waals surface area (Å²) in [6.45, 7) is 2.28. The van der Waals surface area contributed by atoms with Crippen molar-refractivity contribution in [2.75, 3.05) is 0 Å². The van der Waals surface area contributed by atoms with Crippen molar-refractivity contribution in [2.45, 2.75) is 6.92 Å². The average Bonchev–Trinajstić information content (AvgIpc) is 2.26. The van der Waals surface area contributed by atoms with Crippen LogP contribution in [0.4, 0.5) is 0 Å². The number of rotatable bonds is 0. The summed E-state index contributed by atoms with van der Waals surface area (Å²) in [7, 11) is 0. The molecular weight excluding hydrogens is 84.1 g/mol. The van der Waals surface area contributed by atoms with Gasteiger partial charge in [0.1, 0.15) is 0 Å². The van der Waals surface area contributed by atoms with Gasteiger partial charge in [0.15, 0.2) is 0 Å². The monoisotopic (exact) mass is 92.1 g/mol. The van der Waals surface area contributed by atoms with E-state index in [0.29, 0.717) is 0 Å². The normalized spacial score (nSPS) is 43.3. The van der Waals surface area contributed by atoms with Crippen molar-refractivity contribution in [2.24, 2.45) is 11.8 Å². The Morgan fingerprint density at radius 1 is 1.57 bits per heavy atom. The van der Waals surface area contributed by atoms with Crippen molar-refractivity contribution in [1.82, 2.24) is 0 Å². The Morgan fingerprint density at radius 2 is 2.43 bits per heavy atom. The molecule has 0 heterocycles. The second kappa shape index (κ2) is 0.835. The zero-order valence-corrected chi connectivity index (χ0v) is 4.39. The van der Waals surface area contributed by atoms with E-state index in [4.69, 9.17) is 0 Å². The highest BCUT2D eigenvalue weighted by atomic mass is 14.4. The van der Waals surface area contributed by atoms with Crippen LogP contribution in [0, 0.1) is 11.8 Å². The molecule has 0 amide bonds. The van der Waals surface area contributed by atoms with E-state index in [9.17, 15) is 0 Å². The number of allylic oxidation sites excluding steroid dienone is 4. The molecule has 2 aliphatic carbocycles. The Labute approximate surface area is 43.5 Å². The van der Waals surface area contributed by atoms with E-state index < -0.39 is 0 Å². The van der Waals surface area contributed by atoms with Crippen molar-refractivity contribution in [3.63, 3.8) is 0 Å². The molecular formula is C7H8. The van der Waals surface area contributed by atoms with E-state index in [1.54, 1.807) is 5.57 Å². The Hall–Kier alpha value is -0.520. The van der Waals surface area contributed by atoms with Gasteiger partial charge in [0.25, 0.3) is 0 Å². The molecule has 0 radical (unpaired) electrons. The molecule has 0 spiro atoms.